The van der Waals surface area contributed by atoms with Crippen LogP contribution in [0.2, 0.25) is 0 Å². The van der Waals surface area contributed by atoms with E-state index in [0.29, 0.717) is 0 Å². The second kappa shape index (κ2) is 6.12. The molecule has 1 aliphatic carbocycles. The number of nitrogens with one attached hydrogen (secondary N) is 1. The highest BCUT2D eigenvalue weighted by Crippen LogP contribution is 2.18. The van der Waals surface area contributed by atoms with Crippen molar-refractivity contribution in [2.45, 2.75) is 57.7 Å². The van der Waals surface area contributed by atoms with Gasteiger partial charge < -0.3 is 10.4 Å². The van der Waals surface area contributed by atoms with E-state index < -0.39 is 0 Å². The van der Waals surface area contributed by atoms with Gasteiger partial charge in [0.25, 0.3) is 0 Å². The van der Waals surface area contributed by atoms with Crippen LogP contribution in [0.1, 0.15) is 43.2 Å². The van der Waals surface area contributed by atoms with Gasteiger partial charge in [-0.05, 0) is 37.0 Å². The molecule has 0 bridgehead atoms. The Morgan fingerprint density at radius 1 is 1.35 bits per heavy atom. The molecule has 0 saturated heterocycles. The van der Waals surface area contributed by atoms with E-state index >= 15 is 0 Å². The number of pyridine rings is 1. The Morgan fingerprint density at radius 3 is 3.00 bits per heavy atom. The summed E-state index contributed by atoms with van der Waals surface area (Å²) >= 11 is 0. The van der Waals surface area contributed by atoms with Crippen molar-refractivity contribution in [1.29, 1.82) is 0 Å². The minimum absolute atomic E-state index is 0.181. The summed E-state index contributed by atoms with van der Waals surface area (Å²) in [4.78, 5) is 4.09. The molecule has 0 aromatic carbocycles. The van der Waals surface area contributed by atoms with E-state index in [9.17, 15) is 5.11 Å². The predicted octanol–water partition coefficient (Wildman–Crippen LogP) is 2.17. The molecular formula is C14H22N2O. The summed E-state index contributed by atoms with van der Waals surface area (Å²) in [6.45, 7) is 2.91. The third-order valence-corrected chi connectivity index (χ3v) is 3.67. The second-order valence-electron chi connectivity index (χ2n) is 4.99. The minimum atomic E-state index is -0.181. The van der Waals surface area contributed by atoms with Crippen LogP contribution in [0, 0.1) is 6.92 Å². The topological polar surface area (TPSA) is 45.2 Å². The van der Waals surface area contributed by atoms with E-state index in [1.165, 1.54) is 24.0 Å². The fraction of sp³-hybridized carbons (Fsp3) is 0.643. The van der Waals surface area contributed by atoms with Gasteiger partial charge >= 0.3 is 0 Å². The molecule has 17 heavy (non-hydrogen) atoms. The van der Waals surface area contributed by atoms with Crippen LogP contribution in [-0.2, 0) is 6.54 Å². The Balaban J connectivity index is 1.90. The Morgan fingerprint density at radius 2 is 2.18 bits per heavy atom. The molecule has 3 nitrogen and oxygen atoms in total. The van der Waals surface area contributed by atoms with Crippen LogP contribution in [0.25, 0.3) is 0 Å². The molecule has 1 heterocycles. The summed E-state index contributed by atoms with van der Waals surface area (Å²) in [5.74, 6) is 0. The first-order valence-corrected chi connectivity index (χ1v) is 6.58. The number of hydrogen-bond acceptors (Lipinski definition) is 3. The molecule has 0 spiro atoms. The first kappa shape index (κ1) is 12.5. The number of aliphatic hydroxyl groups is 1. The van der Waals surface area contributed by atoms with Crippen LogP contribution in [0.5, 0.6) is 0 Å². The molecule has 0 radical (unpaired) electrons. The SMILES string of the molecule is Cc1cnccc1CNC1CCCCCC1O. The highest BCUT2D eigenvalue weighted by atomic mass is 16.3. The highest BCUT2D eigenvalue weighted by molar-refractivity contribution is 5.21. The zero-order valence-corrected chi connectivity index (χ0v) is 10.5. The molecule has 2 atom stereocenters. The second-order valence-corrected chi connectivity index (χ2v) is 4.99. The third-order valence-electron chi connectivity index (χ3n) is 3.67. The fourth-order valence-corrected chi connectivity index (χ4v) is 2.47. The van der Waals surface area contributed by atoms with Gasteiger partial charge in [0.2, 0.25) is 0 Å². The van der Waals surface area contributed by atoms with Crippen molar-refractivity contribution in [2.24, 2.45) is 0 Å². The van der Waals surface area contributed by atoms with Gasteiger partial charge in [-0.2, -0.15) is 0 Å². The van der Waals surface area contributed by atoms with Crippen molar-refractivity contribution in [3.05, 3.63) is 29.6 Å². The van der Waals surface area contributed by atoms with Gasteiger partial charge in [-0.3, -0.25) is 4.98 Å². The van der Waals surface area contributed by atoms with Crippen molar-refractivity contribution in [3.8, 4) is 0 Å². The van der Waals surface area contributed by atoms with Gasteiger partial charge in [0.1, 0.15) is 0 Å². The van der Waals surface area contributed by atoms with E-state index in [4.69, 9.17) is 0 Å². The maximum absolute atomic E-state index is 10.0. The lowest BCUT2D eigenvalue weighted by molar-refractivity contribution is 0.119. The zero-order chi connectivity index (χ0) is 12.1. The van der Waals surface area contributed by atoms with Crippen LogP contribution < -0.4 is 5.32 Å². The molecule has 1 saturated carbocycles. The number of rotatable bonds is 3. The van der Waals surface area contributed by atoms with Crippen molar-refractivity contribution < 1.29 is 5.11 Å². The molecule has 2 N–H and O–H groups in total. The Hall–Kier alpha value is -0.930. The fourth-order valence-electron chi connectivity index (χ4n) is 2.47. The maximum Gasteiger partial charge on any atom is 0.0693 e. The van der Waals surface area contributed by atoms with Crippen molar-refractivity contribution in [3.63, 3.8) is 0 Å². The molecular weight excluding hydrogens is 212 g/mol. The van der Waals surface area contributed by atoms with Gasteiger partial charge in [-0.25, -0.2) is 0 Å². The number of aromatic nitrogens is 1. The summed E-state index contributed by atoms with van der Waals surface area (Å²) in [5.41, 5.74) is 2.49. The van der Waals surface area contributed by atoms with E-state index in [2.05, 4.69) is 17.2 Å². The summed E-state index contributed by atoms with van der Waals surface area (Å²) in [6, 6.07) is 2.30. The molecule has 1 aromatic heterocycles. The molecule has 0 amide bonds. The average Bonchev–Trinajstić information content (AvgIpc) is 2.53. The van der Waals surface area contributed by atoms with Gasteiger partial charge in [-0.15, -0.1) is 0 Å². The Bertz CT molecular complexity index is 354. The summed E-state index contributed by atoms with van der Waals surface area (Å²) in [7, 11) is 0. The van der Waals surface area contributed by atoms with Crippen LogP contribution >= 0.6 is 0 Å². The van der Waals surface area contributed by atoms with Crippen LogP contribution in [0.3, 0.4) is 0 Å². The highest BCUT2D eigenvalue weighted by Gasteiger charge is 2.20. The Kier molecular flexibility index (Phi) is 4.51. The molecule has 2 rings (SSSR count). The Labute approximate surface area is 103 Å². The lowest BCUT2D eigenvalue weighted by Gasteiger charge is -2.22. The summed E-state index contributed by atoms with van der Waals surface area (Å²) < 4.78 is 0. The van der Waals surface area contributed by atoms with Crippen molar-refractivity contribution in [1.82, 2.24) is 10.3 Å². The van der Waals surface area contributed by atoms with Crippen molar-refractivity contribution in [2.75, 3.05) is 0 Å². The van der Waals surface area contributed by atoms with E-state index in [1.807, 2.05) is 18.5 Å². The van der Waals surface area contributed by atoms with Crippen LogP contribution in [0.4, 0.5) is 0 Å². The molecule has 0 aliphatic heterocycles. The third kappa shape index (κ3) is 3.51. The number of nitrogens with zero attached hydrogens (tertiary/aromatic N) is 1. The van der Waals surface area contributed by atoms with Crippen molar-refractivity contribution >= 4 is 0 Å². The first-order valence-electron chi connectivity index (χ1n) is 6.58. The number of aryl methyl sites for hydroxylation is 1. The number of aliphatic hydroxyl groups excluding tert-OH is 1. The first-order chi connectivity index (χ1) is 8.27. The average molecular weight is 234 g/mol. The van der Waals surface area contributed by atoms with E-state index in [-0.39, 0.29) is 12.1 Å². The zero-order valence-electron chi connectivity index (χ0n) is 10.5. The van der Waals surface area contributed by atoms with E-state index in [1.54, 1.807) is 0 Å². The smallest absolute Gasteiger partial charge is 0.0693 e. The maximum atomic E-state index is 10.0. The predicted molar refractivity (Wildman–Crippen MR) is 68.7 cm³/mol. The quantitative estimate of drug-likeness (QED) is 0.788. The van der Waals surface area contributed by atoms with Gasteiger partial charge in [-0.1, -0.05) is 19.3 Å². The minimum Gasteiger partial charge on any atom is -0.392 e. The molecule has 1 aliphatic rings. The van der Waals surface area contributed by atoms with E-state index in [0.717, 1.165) is 25.8 Å². The normalized spacial score (nSPS) is 25.5. The summed E-state index contributed by atoms with van der Waals surface area (Å²) in [5, 5.41) is 13.5. The molecule has 1 aromatic rings. The molecule has 94 valence electrons. The number of hydrogen-bond donors (Lipinski definition) is 2. The van der Waals surface area contributed by atoms with Crippen LogP contribution in [-0.4, -0.2) is 22.2 Å². The molecule has 2 unspecified atom stereocenters. The van der Waals surface area contributed by atoms with Gasteiger partial charge in [0.15, 0.2) is 0 Å². The van der Waals surface area contributed by atoms with Crippen LogP contribution in [0.15, 0.2) is 18.5 Å². The largest absolute Gasteiger partial charge is 0.392 e. The lowest BCUT2D eigenvalue weighted by Crippen LogP contribution is -2.38. The van der Waals surface area contributed by atoms with Gasteiger partial charge in [0, 0.05) is 25.0 Å². The lowest BCUT2D eigenvalue weighted by atomic mass is 10.1. The summed E-state index contributed by atoms with van der Waals surface area (Å²) in [6.07, 6.45) is 9.20. The molecule has 1 fully saturated rings. The standard InChI is InChI=1S/C14H22N2O/c1-11-9-15-8-7-12(11)10-16-13-5-3-2-4-6-14(13)17/h7-9,13-14,16-17H,2-6,10H2,1H3. The monoisotopic (exact) mass is 234 g/mol. The van der Waals surface area contributed by atoms with Gasteiger partial charge in [0.05, 0.1) is 6.10 Å². The molecule has 3 heteroatoms.